The van der Waals surface area contributed by atoms with Gasteiger partial charge in [0.15, 0.2) is 0 Å². The van der Waals surface area contributed by atoms with Crippen molar-refractivity contribution >= 4 is 8.60 Å². The zero-order valence-corrected chi connectivity index (χ0v) is 13.0. The van der Waals surface area contributed by atoms with Crippen LogP contribution in [0, 0.1) is 0 Å². The molecule has 1 rings (SSSR count). The van der Waals surface area contributed by atoms with E-state index in [4.69, 9.17) is 4.52 Å². The summed E-state index contributed by atoms with van der Waals surface area (Å²) in [6.45, 7) is 10.4. The van der Waals surface area contributed by atoms with Gasteiger partial charge < -0.3 is 9.42 Å². The largest absolute Gasteiger partial charge is 0.428 e. The molecule has 0 aliphatic carbocycles. The molecule has 1 aromatic rings. The average molecular weight is 288 g/mol. The highest BCUT2D eigenvalue weighted by molar-refractivity contribution is 7.40. The summed E-state index contributed by atoms with van der Waals surface area (Å²) < 4.78 is 20.3. The van der Waals surface area contributed by atoms with E-state index in [1.165, 1.54) is 5.56 Å². The van der Waals surface area contributed by atoms with Gasteiger partial charge in [-0.1, -0.05) is 51.5 Å². The van der Waals surface area contributed by atoms with Crippen LogP contribution < -0.4 is 4.52 Å². The SMILES string of the molecule is CCC(C)c1ccc(OP(O)OF)c(C(C)(C)C)c1. The molecule has 1 aromatic carbocycles. The molecule has 2 unspecified atom stereocenters. The van der Waals surface area contributed by atoms with Gasteiger partial charge >= 0.3 is 8.60 Å². The minimum absolute atomic E-state index is 0.161. The van der Waals surface area contributed by atoms with Crippen molar-refractivity contribution in [2.24, 2.45) is 0 Å². The van der Waals surface area contributed by atoms with Crippen LogP contribution in [0.1, 0.15) is 58.1 Å². The third-order valence-electron chi connectivity index (χ3n) is 3.23. The van der Waals surface area contributed by atoms with Gasteiger partial charge in [0.25, 0.3) is 0 Å². The Morgan fingerprint density at radius 1 is 1.37 bits per heavy atom. The van der Waals surface area contributed by atoms with E-state index in [2.05, 4.69) is 24.6 Å². The Morgan fingerprint density at radius 3 is 2.47 bits per heavy atom. The van der Waals surface area contributed by atoms with Crippen molar-refractivity contribution < 1.29 is 18.7 Å². The Bertz CT molecular complexity index is 418. The Balaban J connectivity index is 3.17. The zero-order valence-electron chi connectivity index (χ0n) is 12.1. The van der Waals surface area contributed by atoms with Crippen LogP contribution in [0.25, 0.3) is 0 Å². The van der Waals surface area contributed by atoms with Crippen LogP contribution in [0.4, 0.5) is 4.53 Å². The van der Waals surface area contributed by atoms with Gasteiger partial charge in [0.2, 0.25) is 0 Å². The van der Waals surface area contributed by atoms with Crippen molar-refractivity contribution in [1.29, 1.82) is 0 Å². The molecule has 0 bridgehead atoms. The van der Waals surface area contributed by atoms with Gasteiger partial charge in [-0.25, -0.2) is 0 Å². The maximum absolute atomic E-state index is 11.9. The first-order chi connectivity index (χ1) is 8.79. The van der Waals surface area contributed by atoms with Crippen LogP contribution in [0.2, 0.25) is 0 Å². The molecule has 108 valence electrons. The first-order valence-corrected chi connectivity index (χ1v) is 7.52. The molecule has 0 radical (unpaired) electrons. The van der Waals surface area contributed by atoms with E-state index in [9.17, 15) is 9.42 Å². The van der Waals surface area contributed by atoms with Crippen LogP contribution in [0.15, 0.2) is 18.2 Å². The lowest BCUT2D eigenvalue weighted by molar-refractivity contribution is -0.0178. The lowest BCUT2D eigenvalue weighted by atomic mass is 9.83. The lowest BCUT2D eigenvalue weighted by Crippen LogP contribution is -2.13. The minimum Gasteiger partial charge on any atom is -0.425 e. The summed E-state index contributed by atoms with van der Waals surface area (Å²) in [4.78, 5) is 9.17. The van der Waals surface area contributed by atoms with Crippen molar-refractivity contribution in [3.8, 4) is 5.75 Å². The van der Waals surface area contributed by atoms with E-state index in [1.807, 2.05) is 26.8 Å². The maximum Gasteiger partial charge on any atom is 0.428 e. The Labute approximate surface area is 115 Å². The van der Waals surface area contributed by atoms with E-state index in [0.29, 0.717) is 11.7 Å². The van der Waals surface area contributed by atoms with Crippen molar-refractivity contribution in [3.63, 3.8) is 0 Å². The first-order valence-electron chi connectivity index (χ1n) is 6.39. The second kappa shape index (κ2) is 6.65. The third kappa shape index (κ3) is 4.41. The van der Waals surface area contributed by atoms with E-state index in [0.717, 1.165) is 12.0 Å². The van der Waals surface area contributed by atoms with Gasteiger partial charge in [0.05, 0.1) is 0 Å². The molecule has 0 spiro atoms. The van der Waals surface area contributed by atoms with Gasteiger partial charge in [0, 0.05) is 5.56 Å². The standard InChI is InChI=1S/C14H22FO3P/c1-6-10(2)11-7-8-13(17-19(16)18-15)12(9-11)14(3,4)5/h7-10,16H,6H2,1-5H3. The van der Waals surface area contributed by atoms with Crippen LogP contribution in [-0.4, -0.2) is 4.89 Å². The molecule has 0 saturated heterocycles. The molecule has 19 heavy (non-hydrogen) atoms. The van der Waals surface area contributed by atoms with Crippen LogP contribution in [0.5, 0.6) is 5.75 Å². The number of hydrogen-bond acceptors (Lipinski definition) is 3. The van der Waals surface area contributed by atoms with Gasteiger partial charge in [-0.3, -0.25) is 0 Å². The van der Waals surface area contributed by atoms with E-state index >= 15 is 0 Å². The van der Waals surface area contributed by atoms with Crippen LogP contribution in [0.3, 0.4) is 0 Å². The summed E-state index contributed by atoms with van der Waals surface area (Å²) in [5, 5.41) is 0. The molecule has 0 aliphatic heterocycles. The van der Waals surface area contributed by atoms with Crippen molar-refractivity contribution in [2.75, 3.05) is 0 Å². The molecule has 5 heteroatoms. The van der Waals surface area contributed by atoms with E-state index in [-0.39, 0.29) is 5.41 Å². The van der Waals surface area contributed by atoms with Gasteiger partial charge in [-0.05, 0) is 33.9 Å². The Hall–Kier alpha value is -0.700. The molecule has 0 aliphatic rings. The summed E-state index contributed by atoms with van der Waals surface area (Å²) in [7, 11) is -2.51. The summed E-state index contributed by atoms with van der Waals surface area (Å²) in [6.07, 6.45) is 1.05. The second-order valence-corrected chi connectivity index (χ2v) is 6.51. The Morgan fingerprint density at radius 2 is 2.00 bits per heavy atom. The fourth-order valence-corrected chi connectivity index (χ4v) is 2.21. The normalized spacial score (nSPS) is 15.1. The molecule has 0 aromatic heterocycles. The summed E-state index contributed by atoms with van der Waals surface area (Å²) in [5.74, 6) is 0.911. The Kier molecular flexibility index (Phi) is 5.72. The highest BCUT2D eigenvalue weighted by atomic mass is 31.2. The zero-order chi connectivity index (χ0) is 14.6. The molecule has 0 fully saturated rings. The fourth-order valence-electron chi connectivity index (χ4n) is 1.85. The van der Waals surface area contributed by atoms with Crippen LogP contribution in [-0.2, 0) is 10.1 Å². The molecule has 2 atom stereocenters. The number of benzene rings is 1. The molecular weight excluding hydrogens is 266 g/mol. The lowest BCUT2D eigenvalue weighted by Gasteiger charge is -2.24. The predicted molar refractivity (Wildman–Crippen MR) is 75.8 cm³/mol. The number of rotatable bonds is 5. The maximum atomic E-state index is 11.9. The van der Waals surface area contributed by atoms with E-state index in [1.54, 1.807) is 6.07 Å². The van der Waals surface area contributed by atoms with Crippen LogP contribution >= 0.6 is 8.60 Å². The second-order valence-electron chi connectivity index (χ2n) is 5.71. The summed E-state index contributed by atoms with van der Waals surface area (Å²) in [5.41, 5.74) is 1.98. The predicted octanol–water partition coefficient (Wildman–Crippen LogP) is 5.00. The molecular formula is C14H22FO3P. The number of halogens is 1. The first kappa shape index (κ1) is 16.4. The highest BCUT2D eigenvalue weighted by Gasteiger charge is 2.23. The molecule has 0 amide bonds. The smallest absolute Gasteiger partial charge is 0.425 e. The molecule has 0 saturated carbocycles. The van der Waals surface area contributed by atoms with E-state index < -0.39 is 8.60 Å². The summed E-state index contributed by atoms with van der Waals surface area (Å²) >= 11 is 0. The molecule has 1 N–H and O–H groups in total. The topological polar surface area (TPSA) is 38.7 Å². The fraction of sp³-hybridized carbons (Fsp3) is 0.571. The molecule has 0 heterocycles. The number of hydrogen-bond donors (Lipinski definition) is 1. The highest BCUT2D eigenvalue weighted by Crippen LogP contribution is 2.41. The van der Waals surface area contributed by atoms with Gasteiger partial charge in [-0.2, -0.15) is 0 Å². The van der Waals surface area contributed by atoms with Crippen molar-refractivity contribution in [3.05, 3.63) is 29.3 Å². The average Bonchev–Trinajstić information content (AvgIpc) is 2.36. The minimum atomic E-state index is -2.51. The quantitative estimate of drug-likeness (QED) is 0.775. The van der Waals surface area contributed by atoms with Crippen molar-refractivity contribution in [1.82, 2.24) is 0 Å². The third-order valence-corrected chi connectivity index (χ3v) is 3.70. The monoisotopic (exact) mass is 288 g/mol. The van der Waals surface area contributed by atoms with Crippen molar-refractivity contribution in [2.45, 2.75) is 52.4 Å². The van der Waals surface area contributed by atoms with Gasteiger partial charge in [0.1, 0.15) is 5.75 Å². The molecule has 3 nitrogen and oxygen atoms in total. The summed E-state index contributed by atoms with van der Waals surface area (Å²) in [6, 6.07) is 5.78. The van der Waals surface area contributed by atoms with Gasteiger partial charge in [-0.15, -0.1) is 0 Å².